The van der Waals surface area contributed by atoms with Crippen LogP contribution in [-0.4, -0.2) is 40.5 Å². The summed E-state index contributed by atoms with van der Waals surface area (Å²) in [6, 6.07) is 2.39. The lowest BCUT2D eigenvalue weighted by Gasteiger charge is -2.70. The number of halogens is 1. The molecular weight excluding hydrogens is 421 g/mol. The third-order valence-corrected chi connectivity index (χ3v) is 6.36. The van der Waals surface area contributed by atoms with Crippen LogP contribution in [0.1, 0.15) is 61.4 Å². The smallest absolute Gasteiger partial charge is 0.404 e. The first-order valence-electron chi connectivity index (χ1n) is 10.7. The van der Waals surface area contributed by atoms with Crippen LogP contribution in [0, 0.1) is 0 Å². The Balaban J connectivity index is 0.972. The number of hydrogen-bond donors (Lipinski definition) is 2. The van der Waals surface area contributed by atoms with E-state index in [-0.39, 0.29) is 46.8 Å². The highest BCUT2D eigenvalue weighted by molar-refractivity contribution is 5.92. The van der Waals surface area contributed by atoms with Gasteiger partial charge in [0.15, 0.2) is 24.0 Å². The van der Waals surface area contributed by atoms with E-state index in [2.05, 4.69) is 15.6 Å². The molecule has 1 aromatic carbocycles. The van der Waals surface area contributed by atoms with Crippen molar-refractivity contribution in [3.8, 4) is 17.2 Å². The molecular formula is C22H22FN3O6. The molecule has 32 heavy (non-hydrogen) atoms. The zero-order valence-corrected chi connectivity index (χ0v) is 17.4. The fourth-order valence-corrected chi connectivity index (χ4v) is 4.90. The van der Waals surface area contributed by atoms with Gasteiger partial charge in [-0.2, -0.15) is 4.39 Å². The largest absolute Gasteiger partial charge is 0.484 e. The van der Waals surface area contributed by atoms with Crippen LogP contribution >= 0.6 is 0 Å². The predicted molar refractivity (Wildman–Crippen MR) is 106 cm³/mol. The molecule has 2 bridgehead atoms. The normalized spacial score (nSPS) is 31.3. The summed E-state index contributed by atoms with van der Waals surface area (Å²) in [7, 11) is 0. The number of benzene rings is 1. The van der Waals surface area contributed by atoms with E-state index >= 15 is 0 Å². The molecule has 0 saturated heterocycles. The Morgan fingerprint density at radius 3 is 2.62 bits per heavy atom. The molecule has 4 saturated carbocycles. The number of fused-ring (bicyclic) bond motifs is 1. The quantitative estimate of drug-likeness (QED) is 0.676. The predicted octanol–water partition coefficient (Wildman–Crippen LogP) is 2.57. The van der Waals surface area contributed by atoms with Gasteiger partial charge in [0.2, 0.25) is 5.76 Å². The lowest BCUT2D eigenvalue weighted by atomic mass is 9.44. The number of nitrogens with zero attached hydrogens (tertiary/aromatic N) is 1. The highest BCUT2D eigenvalue weighted by Gasteiger charge is 2.69. The van der Waals surface area contributed by atoms with E-state index in [9.17, 15) is 14.0 Å². The standard InChI is InChI=1S/C22H22FN3O6/c1-20(23)31-14-5-4-13(6-15(14)32-20)29-8-17(27)25-21-9-22(10-21,11-21)26-18(28)16-7-24-19(30-16)12-2-3-12/h4-7,12H,2-3,8-11H2,1H3,(H,25,27)(H,26,28). The number of alkyl halides is 1. The summed E-state index contributed by atoms with van der Waals surface area (Å²) < 4.78 is 34.8. The molecule has 1 atom stereocenters. The lowest BCUT2D eigenvalue weighted by Crippen LogP contribution is -2.84. The van der Waals surface area contributed by atoms with Gasteiger partial charge in [-0.1, -0.05) is 0 Å². The molecule has 2 N–H and O–H groups in total. The minimum Gasteiger partial charge on any atom is -0.484 e. The summed E-state index contributed by atoms with van der Waals surface area (Å²) in [5.74, 6) is 1.58. The maximum Gasteiger partial charge on any atom is 0.404 e. The Hall–Kier alpha value is -3.30. The molecule has 10 heteroatoms. The molecule has 2 heterocycles. The molecule has 1 aromatic heterocycles. The number of rotatable bonds is 7. The summed E-state index contributed by atoms with van der Waals surface area (Å²) in [6.07, 6.45) is 5.60. The van der Waals surface area contributed by atoms with Crippen LogP contribution in [0.2, 0.25) is 0 Å². The minimum absolute atomic E-state index is 0.185. The fourth-order valence-electron chi connectivity index (χ4n) is 4.90. The van der Waals surface area contributed by atoms with Crippen LogP contribution in [0.25, 0.3) is 0 Å². The van der Waals surface area contributed by atoms with Crippen molar-refractivity contribution in [2.45, 2.75) is 62.1 Å². The summed E-state index contributed by atoms with van der Waals surface area (Å²) in [6.45, 7) is 0.979. The van der Waals surface area contributed by atoms with Crippen molar-refractivity contribution >= 4 is 11.8 Å². The molecule has 1 aliphatic heterocycles. The van der Waals surface area contributed by atoms with Crippen molar-refractivity contribution in [1.29, 1.82) is 0 Å². The number of carbonyl (C=O) groups excluding carboxylic acids is 2. The van der Waals surface area contributed by atoms with Gasteiger partial charge in [0.05, 0.1) is 6.20 Å². The number of nitrogens with one attached hydrogen (secondary N) is 2. The second kappa shape index (κ2) is 6.36. The molecule has 0 radical (unpaired) electrons. The first-order valence-corrected chi connectivity index (χ1v) is 10.7. The van der Waals surface area contributed by atoms with Gasteiger partial charge in [-0.15, -0.1) is 0 Å². The number of ether oxygens (including phenoxy) is 3. The fraction of sp³-hybridized carbons (Fsp3) is 0.500. The van der Waals surface area contributed by atoms with Crippen molar-refractivity contribution in [3.63, 3.8) is 0 Å². The second-order valence-electron chi connectivity index (χ2n) is 9.37. The molecule has 0 spiro atoms. The second-order valence-corrected chi connectivity index (χ2v) is 9.37. The highest BCUT2D eigenvalue weighted by atomic mass is 19.2. The summed E-state index contributed by atoms with van der Waals surface area (Å²) in [5.41, 5.74) is -0.604. The van der Waals surface area contributed by atoms with Gasteiger partial charge in [-0.25, -0.2) is 4.98 Å². The molecule has 168 valence electrons. The Bertz CT molecular complexity index is 1100. The molecule has 5 aliphatic rings. The molecule has 7 rings (SSSR count). The van der Waals surface area contributed by atoms with Crippen LogP contribution in [0.4, 0.5) is 4.39 Å². The minimum atomic E-state index is -2.21. The van der Waals surface area contributed by atoms with Crippen LogP contribution in [-0.2, 0) is 4.79 Å². The summed E-state index contributed by atoms with van der Waals surface area (Å²) in [5, 5.41) is 6.01. The monoisotopic (exact) mass is 443 g/mol. The number of carbonyl (C=O) groups is 2. The van der Waals surface area contributed by atoms with E-state index in [0.29, 0.717) is 36.8 Å². The molecule has 4 aliphatic carbocycles. The molecule has 9 nitrogen and oxygen atoms in total. The average molecular weight is 443 g/mol. The number of aromatic nitrogens is 1. The third kappa shape index (κ3) is 3.34. The van der Waals surface area contributed by atoms with Crippen molar-refractivity contribution in [2.75, 3.05) is 6.61 Å². The Kier molecular flexibility index (Phi) is 3.86. The van der Waals surface area contributed by atoms with Gasteiger partial charge in [-0.3, -0.25) is 9.59 Å². The van der Waals surface area contributed by atoms with E-state index in [1.807, 2.05) is 0 Å². The number of amides is 2. The van der Waals surface area contributed by atoms with Crippen LogP contribution in [0.3, 0.4) is 0 Å². The molecule has 2 aromatic rings. The zero-order chi connectivity index (χ0) is 22.1. The van der Waals surface area contributed by atoms with E-state index in [0.717, 1.165) is 19.8 Å². The van der Waals surface area contributed by atoms with E-state index in [4.69, 9.17) is 18.6 Å². The van der Waals surface area contributed by atoms with E-state index in [1.54, 1.807) is 6.07 Å². The van der Waals surface area contributed by atoms with Gasteiger partial charge in [0, 0.05) is 30.0 Å². The van der Waals surface area contributed by atoms with Gasteiger partial charge < -0.3 is 29.3 Å². The van der Waals surface area contributed by atoms with Crippen molar-refractivity contribution in [2.24, 2.45) is 0 Å². The Morgan fingerprint density at radius 2 is 1.88 bits per heavy atom. The molecule has 4 fully saturated rings. The van der Waals surface area contributed by atoms with Gasteiger partial charge >= 0.3 is 6.04 Å². The molecule has 1 unspecified atom stereocenters. The van der Waals surface area contributed by atoms with Crippen molar-refractivity contribution in [3.05, 3.63) is 36.0 Å². The lowest BCUT2D eigenvalue weighted by molar-refractivity contribution is -0.173. The van der Waals surface area contributed by atoms with Gasteiger partial charge in [0.25, 0.3) is 11.8 Å². The van der Waals surface area contributed by atoms with Crippen LogP contribution in [0.5, 0.6) is 17.2 Å². The van der Waals surface area contributed by atoms with Gasteiger partial charge in [0.1, 0.15) is 5.75 Å². The van der Waals surface area contributed by atoms with Crippen molar-refractivity contribution < 1.29 is 32.6 Å². The number of hydrogen-bond acceptors (Lipinski definition) is 7. The summed E-state index contributed by atoms with van der Waals surface area (Å²) in [4.78, 5) is 29.0. The van der Waals surface area contributed by atoms with Crippen molar-refractivity contribution in [1.82, 2.24) is 15.6 Å². The van der Waals surface area contributed by atoms with E-state index < -0.39 is 6.04 Å². The SMILES string of the molecule is CC1(F)Oc2ccc(OCC(=O)NC34CC(NC(=O)c5cnc(C6CC6)o5)(C3)C4)cc2O1. The first-order chi connectivity index (χ1) is 15.2. The topological polar surface area (TPSA) is 112 Å². The van der Waals surface area contributed by atoms with Crippen LogP contribution in [0.15, 0.2) is 28.8 Å². The van der Waals surface area contributed by atoms with Crippen LogP contribution < -0.4 is 24.8 Å². The molecule has 2 amide bonds. The average Bonchev–Trinajstić information content (AvgIpc) is 3.31. The first kappa shape index (κ1) is 19.4. The Morgan fingerprint density at radius 1 is 1.16 bits per heavy atom. The highest BCUT2D eigenvalue weighted by Crippen LogP contribution is 2.60. The Labute approximate surface area is 182 Å². The third-order valence-electron chi connectivity index (χ3n) is 6.36. The zero-order valence-electron chi connectivity index (χ0n) is 17.4. The number of oxazole rings is 1. The van der Waals surface area contributed by atoms with Gasteiger partial charge in [-0.05, 0) is 44.2 Å². The summed E-state index contributed by atoms with van der Waals surface area (Å²) >= 11 is 0. The van der Waals surface area contributed by atoms with E-state index in [1.165, 1.54) is 18.3 Å². The maximum atomic E-state index is 13.7. The maximum absolute atomic E-state index is 13.7.